The summed E-state index contributed by atoms with van der Waals surface area (Å²) < 4.78 is 22.4. The zero-order valence-corrected chi connectivity index (χ0v) is 43.1. The summed E-state index contributed by atoms with van der Waals surface area (Å²) in [6, 6.07) is 13.0. The van der Waals surface area contributed by atoms with Gasteiger partial charge in [0.2, 0.25) is 23.6 Å². The van der Waals surface area contributed by atoms with Gasteiger partial charge >= 0.3 is 12.1 Å². The van der Waals surface area contributed by atoms with Crippen LogP contribution in [-0.4, -0.2) is 140 Å². The molecule has 1 fully saturated rings. The van der Waals surface area contributed by atoms with Crippen LogP contribution in [0.3, 0.4) is 0 Å². The number of methoxy groups -OCH3 is 3. The molecule has 0 spiro atoms. The fraction of sp³-hybridized carbons (Fsp3) is 0.615. The molecule has 1 aliphatic heterocycles. The second-order valence-corrected chi connectivity index (χ2v) is 19.6. The molecule has 0 bridgehead atoms. The van der Waals surface area contributed by atoms with E-state index in [4.69, 9.17) is 18.9 Å². The molecule has 1 aliphatic rings. The summed E-state index contributed by atoms with van der Waals surface area (Å²) in [6.45, 7) is 21.8. The Morgan fingerprint density at radius 1 is 0.838 bits per heavy atom. The van der Waals surface area contributed by atoms with Crippen LogP contribution in [0.2, 0.25) is 0 Å². The summed E-state index contributed by atoms with van der Waals surface area (Å²) in [6.07, 6.45) is -0.153. The smallest absolute Gasteiger partial charge is 0.412 e. The maximum Gasteiger partial charge on any atom is 0.412 e. The highest BCUT2D eigenvalue weighted by Gasteiger charge is 2.43. The average Bonchev–Trinajstić information content (AvgIpc) is 3.76. The highest BCUT2D eigenvalue weighted by Crippen LogP contribution is 2.30. The van der Waals surface area contributed by atoms with E-state index < -0.39 is 71.9 Å². The quantitative estimate of drug-likeness (QED) is 0.0785. The molecule has 378 valence electrons. The number of esters is 1. The van der Waals surface area contributed by atoms with E-state index in [1.807, 2.05) is 95.1 Å². The highest BCUT2D eigenvalue weighted by atomic mass is 16.6. The van der Waals surface area contributed by atoms with Gasteiger partial charge in [-0.05, 0) is 82.2 Å². The van der Waals surface area contributed by atoms with E-state index in [-0.39, 0.29) is 42.4 Å². The van der Waals surface area contributed by atoms with E-state index in [1.54, 1.807) is 45.7 Å². The minimum Gasteiger partial charge on any atom is -0.467 e. The summed E-state index contributed by atoms with van der Waals surface area (Å²) in [4.78, 5) is 87.5. The van der Waals surface area contributed by atoms with Crippen molar-refractivity contribution in [2.75, 3.05) is 47.3 Å². The van der Waals surface area contributed by atoms with Crippen molar-refractivity contribution in [3.8, 4) is 0 Å². The van der Waals surface area contributed by atoms with Crippen molar-refractivity contribution in [2.45, 2.75) is 149 Å². The number of nitrogens with zero attached hydrogens (tertiary/aromatic N) is 3. The molecule has 0 radical (unpaired) electrons. The van der Waals surface area contributed by atoms with Crippen LogP contribution < -0.4 is 16.0 Å². The maximum atomic E-state index is 14.6. The van der Waals surface area contributed by atoms with E-state index in [0.29, 0.717) is 43.6 Å². The summed E-state index contributed by atoms with van der Waals surface area (Å²) in [5, 5.41) is 8.70. The monoisotopic (exact) mass is 949 g/mol. The van der Waals surface area contributed by atoms with Crippen LogP contribution in [0, 0.1) is 17.8 Å². The molecular formula is C52H80N6O10. The fourth-order valence-electron chi connectivity index (χ4n) is 9.06. The number of hydrogen-bond donors (Lipinski definition) is 3. The third-order valence-electron chi connectivity index (χ3n) is 12.5. The van der Waals surface area contributed by atoms with Crippen LogP contribution in [0.4, 0.5) is 10.5 Å². The van der Waals surface area contributed by atoms with Crippen molar-refractivity contribution in [1.82, 2.24) is 25.3 Å². The molecule has 0 unspecified atom stereocenters. The first-order valence-electron chi connectivity index (χ1n) is 23.8. The lowest BCUT2D eigenvalue weighted by Gasteiger charge is -2.39. The molecule has 0 aromatic heterocycles. The minimum atomic E-state index is -0.923. The first-order valence-corrected chi connectivity index (χ1v) is 23.8. The predicted molar refractivity (Wildman–Crippen MR) is 263 cm³/mol. The Morgan fingerprint density at radius 2 is 1.49 bits per heavy atom. The second kappa shape index (κ2) is 26.4. The second-order valence-electron chi connectivity index (χ2n) is 19.6. The Kier molecular flexibility index (Phi) is 22.2. The van der Waals surface area contributed by atoms with Crippen LogP contribution >= 0.6 is 0 Å². The van der Waals surface area contributed by atoms with Gasteiger partial charge in [0.05, 0.1) is 49.8 Å². The molecule has 1 saturated heterocycles. The van der Waals surface area contributed by atoms with Crippen molar-refractivity contribution in [3.05, 3.63) is 77.9 Å². The standard InChI is InChI=1S/C52H80N6O10/c1-16-34(6)45(41(65-13)30-42(59)58-27-21-26-40(58)46(66-14)35(7)47(60)54-39(50(63)67-15)29-36-22-18-17-19-23-36)57(12)49(62)43(32(2)3)55-48(61)44(33(4)5)56(11)31-37-24-20-25-38(28-37)53-51(64)68-52(8,9)10/h17-20,22-25,28,32-33,35,39-41,43-46H,6,16,21,26-27,29-31H2,1-5,7-15H3,(H,53,64)(H,54,60)(H,55,61)/t35-,39+,40+,41-,43+,44+,45+,46-/m1/s1. The normalized spacial score (nSPS) is 17.1. The lowest BCUT2D eigenvalue weighted by Crippen LogP contribution is -2.59. The molecule has 2 aromatic carbocycles. The van der Waals surface area contributed by atoms with Gasteiger partial charge in [0, 0.05) is 46.5 Å². The molecule has 5 amide bonds. The molecule has 16 nitrogen and oxygen atoms in total. The molecule has 16 heteroatoms. The molecule has 3 N–H and O–H groups in total. The number of rotatable bonds is 24. The topological polar surface area (TPSA) is 185 Å². The summed E-state index contributed by atoms with van der Waals surface area (Å²) in [5.74, 6) is -3.07. The number of nitrogens with one attached hydrogen (secondary N) is 3. The molecule has 1 heterocycles. The van der Waals surface area contributed by atoms with Crippen LogP contribution in [0.15, 0.2) is 66.7 Å². The molecule has 3 rings (SSSR count). The third-order valence-corrected chi connectivity index (χ3v) is 12.5. The number of likely N-dealkylation sites (tertiary alicyclic amines) is 1. The molecule has 2 aromatic rings. The van der Waals surface area contributed by atoms with Gasteiger partial charge in [0.1, 0.15) is 17.7 Å². The van der Waals surface area contributed by atoms with Gasteiger partial charge in [-0.2, -0.15) is 0 Å². The van der Waals surface area contributed by atoms with Gasteiger partial charge in [-0.3, -0.25) is 29.4 Å². The van der Waals surface area contributed by atoms with Crippen LogP contribution in [0.5, 0.6) is 0 Å². The number of carbonyl (C=O) groups is 6. The Labute approximate surface area is 405 Å². The van der Waals surface area contributed by atoms with Crippen molar-refractivity contribution in [2.24, 2.45) is 17.8 Å². The van der Waals surface area contributed by atoms with Gasteiger partial charge in [-0.25, -0.2) is 9.59 Å². The number of likely N-dealkylation sites (N-methyl/N-ethyl adjacent to an activating group) is 2. The van der Waals surface area contributed by atoms with E-state index in [0.717, 1.165) is 11.1 Å². The number of anilines is 1. The molecular weight excluding hydrogens is 869 g/mol. The van der Waals surface area contributed by atoms with Gasteiger partial charge in [-0.15, -0.1) is 0 Å². The van der Waals surface area contributed by atoms with Crippen LogP contribution in [0.1, 0.15) is 99.1 Å². The Morgan fingerprint density at radius 3 is 2.04 bits per heavy atom. The summed E-state index contributed by atoms with van der Waals surface area (Å²) in [5.41, 5.74) is 2.29. The Hall–Kier alpha value is -5.32. The van der Waals surface area contributed by atoms with Crippen molar-refractivity contribution < 1.29 is 47.7 Å². The van der Waals surface area contributed by atoms with E-state index in [2.05, 4.69) is 22.5 Å². The predicted octanol–water partition coefficient (Wildman–Crippen LogP) is 6.37. The first-order chi connectivity index (χ1) is 32.0. The SMILES string of the molecule is C=C(CC)[C@@H]([C@@H](CC(=O)N1CCC[C@H]1[C@H](OC)[C@@H](C)C(=O)N[C@@H](Cc1ccccc1)C(=O)OC)OC)N(C)C(=O)[C@@H](NC(=O)[C@H](C(C)C)N(C)Cc1cccc(NC(=O)OC(C)(C)C)c1)C(C)C. The van der Waals surface area contributed by atoms with E-state index >= 15 is 0 Å². The van der Waals surface area contributed by atoms with Crippen molar-refractivity contribution in [1.29, 1.82) is 0 Å². The van der Waals surface area contributed by atoms with E-state index in [1.165, 1.54) is 26.2 Å². The van der Waals surface area contributed by atoms with Crippen LogP contribution in [-0.2, 0) is 55.9 Å². The molecule has 8 atom stereocenters. The Bertz CT molecular complexity index is 2000. The van der Waals surface area contributed by atoms with Gasteiger partial charge in [0.25, 0.3) is 0 Å². The lowest BCUT2D eigenvalue weighted by molar-refractivity contribution is -0.147. The minimum absolute atomic E-state index is 0.0970. The highest BCUT2D eigenvalue weighted by molar-refractivity contribution is 5.91. The summed E-state index contributed by atoms with van der Waals surface area (Å²) in [7, 11) is 7.78. The maximum absolute atomic E-state index is 14.6. The van der Waals surface area contributed by atoms with Gasteiger partial charge in [-0.1, -0.05) is 96.2 Å². The fourth-order valence-corrected chi connectivity index (χ4v) is 9.06. The largest absolute Gasteiger partial charge is 0.467 e. The Balaban J connectivity index is 1.78. The number of hydrogen-bond acceptors (Lipinski definition) is 11. The van der Waals surface area contributed by atoms with Crippen molar-refractivity contribution in [3.63, 3.8) is 0 Å². The molecule has 0 aliphatic carbocycles. The van der Waals surface area contributed by atoms with E-state index in [9.17, 15) is 28.8 Å². The number of carbonyl (C=O) groups excluding carboxylic acids is 6. The van der Waals surface area contributed by atoms with Crippen LogP contribution in [0.25, 0.3) is 0 Å². The zero-order valence-electron chi connectivity index (χ0n) is 43.1. The number of amides is 5. The lowest BCUT2D eigenvalue weighted by atomic mass is 9.92. The molecule has 68 heavy (non-hydrogen) atoms. The summed E-state index contributed by atoms with van der Waals surface area (Å²) >= 11 is 0. The first kappa shape index (κ1) is 57.0. The molecule has 0 saturated carbocycles. The van der Waals surface area contributed by atoms with Crippen molar-refractivity contribution >= 4 is 41.4 Å². The number of ether oxygens (including phenoxy) is 4. The zero-order chi connectivity index (χ0) is 51.0. The third kappa shape index (κ3) is 16.2. The average molecular weight is 949 g/mol. The number of benzene rings is 2. The van der Waals surface area contributed by atoms with Gasteiger partial charge in [0.15, 0.2) is 0 Å². The van der Waals surface area contributed by atoms with Gasteiger partial charge < -0.3 is 39.4 Å².